The SMILES string of the molecule is CC1OCCC1NCC1(C)CCOCC1. The molecule has 2 aliphatic rings. The van der Waals surface area contributed by atoms with E-state index in [9.17, 15) is 0 Å². The standard InChI is InChI=1S/C12H23NO2/c1-10-11(3-6-15-10)13-9-12(2)4-7-14-8-5-12/h10-11,13H,3-9H2,1-2H3. The fraction of sp³-hybridized carbons (Fsp3) is 1.00. The first kappa shape index (κ1) is 11.4. The summed E-state index contributed by atoms with van der Waals surface area (Å²) >= 11 is 0. The average Bonchev–Trinajstić information content (AvgIpc) is 2.62. The van der Waals surface area contributed by atoms with E-state index in [-0.39, 0.29) is 0 Å². The minimum Gasteiger partial charge on any atom is -0.381 e. The van der Waals surface area contributed by atoms with Gasteiger partial charge in [0.15, 0.2) is 0 Å². The number of hydrogen-bond acceptors (Lipinski definition) is 3. The normalized spacial score (nSPS) is 35.6. The van der Waals surface area contributed by atoms with Crippen molar-refractivity contribution in [3.8, 4) is 0 Å². The average molecular weight is 213 g/mol. The Hall–Kier alpha value is -0.120. The van der Waals surface area contributed by atoms with Gasteiger partial charge < -0.3 is 14.8 Å². The van der Waals surface area contributed by atoms with Gasteiger partial charge in [-0.2, -0.15) is 0 Å². The molecule has 2 aliphatic heterocycles. The van der Waals surface area contributed by atoms with Crippen LogP contribution in [-0.4, -0.2) is 38.5 Å². The molecule has 2 unspecified atom stereocenters. The molecule has 1 N–H and O–H groups in total. The van der Waals surface area contributed by atoms with Crippen LogP contribution in [0.5, 0.6) is 0 Å². The van der Waals surface area contributed by atoms with Crippen LogP contribution in [0.25, 0.3) is 0 Å². The lowest BCUT2D eigenvalue weighted by Gasteiger charge is -2.35. The summed E-state index contributed by atoms with van der Waals surface area (Å²) in [6, 6.07) is 0.560. The largest absolute Gasteiger partial charge is 0.381 e. The Kier molecular flexibility index (Phi) is 3.65. The smallest absolute Gasteiger partial charge is 0.0700 e. The van der Waals surface area contributed by atoms with E-state index in [4.69, 9.17) is 9.47 Å². The lowest BCUT2D eigenvalue weighted by atomic mass is 9.82. The van der Waals surface area contributed by atoms with Gasteiger partial charge in [-0.3, -0.25) is 0 Å². The molecule has 3 heteroatoms. The first-order chi connectivity index (χ1) is 7.20. The van der Waals surface area contributed by atoms with Crippen LogP contribution in [-0.2, 0) is 9.47 Å². The minimum absolute atomic E-state index is 0.383. The molecule has 2 rings (SSSR count). The molecule has 2 heterocycles. The fourth-order valence-electron chi connectivity index (χ4n) is 2.42. The maximum Gasteiger partial charge on any atom is 0.0700 e. The second kappa shape index (κ2) is 4.81. The Balaban J connectivity index is 1.76. The maximum absolute atomic E-state index is 5.55. The molecule has 0 spiro atoms. The van der Waals surface area contributed by atoms with Gasteiger partial charge in [-0.1, -0.05) is 6.92 Å². The topological polar surface area (TPSA) is 30.5 Å². The molecule has 15 heavy (non-hydrogen) atoms. The van der Waals surface area contributed by atoms with Crippen molar-refractivity contribution in [3.63, 3.8) is 0 Å². The van der Waals surface area contributed by atoms with E-state index in [0.29, 0.717) is 17.6 Å². The summed E-state index contributed by atoms with van der Waals surface area (Å²) in [6.45, 7) is 8.40. The molecule has 3 nitrogen and oxygen atoms in total. The Morgan fingerprint density at radius 2 is 2.00 bits per heavy atom. The van der Waals surface area contributed by atoms with E-state index in [2.05, 4.69) is 19.2 Å². The van der Waals surface area contributed by atoms with Crippen LogP contribution < -0.4 is 5.32 Å². The van der Waals surface area contributed by atoms with Gasteiger partial charge in [0.25, 0.3) is 0 Å². The van der Waals surface area contributed by atoms with E-state index in [1.807, 2.05) is 0 Å². The van der Waals surface area contributed by atoms with Crippen molar-refractivity contribution >= 4 is 0 Å². The molecule has 0 aromatic rings. The predicted molar refractivity (Wildman–Crippen MR) is 60.0 cm³/mol. The van der Waals surface area contributed by atoms with Crippen molar-refractivity contribution in [2.75, 3.05) is 26.4 Å². The van der Waals surface area contributed by atoms with Crippen LogP contribution in [0.4, 0.5) is 0 Å². The Morgan fingerprint density at radius 3 is 2.60 bits per heavy atom. The Bertz CT molecular complexity index is 202. The molecule has 0 saturated carbocycles. The summed E-state index contributed by atoms with van der Waals surface area (Å²) in [5.74, 6) is 0. The molecule has 2 atom stereocenters. The zero-order valence-corrected chi connectivity index (χ0v) is 9.92. The van der Waals surface area contributed by atoms with Crippen molar-refractivity contribution in [1.29, 1.82) is 0 Å². The van der Waals surface area contributed by atoms with Gasteiger partial charge in [0.05, 0.1) is 6.10 Å². The zero-order valence-electron chi connectivity index (χ0n) is 9.92. The predicted octanol–water partition coefficient (Wildman–Crippen LogP) is 1.57. The van der Waals surface area contributed by atoms with Crippen LogP contribution in [0, 0.1) is 5.41 Å². The van der Waals surface area contributed by atoms with Gasteiger partial charge in [-0.05, 0) is 31.6 Å². The molecule has 2 fully saturated rings. The van der Waals surface area contributed by atoms with Gasteiger partial charge in [0, 0.05) is 32.4 Å². The van der Waals surface area contributed by atoms with Gasteiger partial charge in [-0.25, -0.2) is 0 Å². The first-order valence-corrected chi connectivity index (χ1v) is 6.12. The number of ether oxygens (including phenoxy) is 2. The molecule has 0 aliphatic carbocycles. The molecular weight excluding hydrogens is 190 g/mol. The van der Waals surface area contributed by atoms with Crippen LogP contribution in [0.15, 0.2) is 0 Å². The van der Waals surface area contributed by atoms with Crippen molar-refractivity contribution in [2.24, 2.45) is 5.41 Å². The quantitative estimate of drug-likeness (QED) is 0.772. The molecular formula is C12H23NO2. The minimum atomic E-state index is 0.383. The molecule has 0 amide bonds. The third-order valence-electron chi connectivity index (χ3n) is 3.87. The number of nitrogens with one attached hydrogen (secondary N) is 1. The van der Waals surface area contributed by atoms with Crippen molar-refractivity contribution < 1.29 is 9.47 Å². The van der Waals surface area contributed by atoms with E-state index >= 15 is 0 Å². The summed E-state index contributed by atoms with van der Waals surface area (Å²) in [5, 5.41) is 3.66. The highest BCUT2D eigenvalue weighted by Gasteiger charge is 2.30. The lowest BCUT2D eigenvalue weighted by molar-refractivity contribution is 0.0213. The van der Waals surface area contributed by atoms with Crippen LogP contribution in [0.2, 0.25) is 0 Å². The molecule has 88 valence electrons. The second-order valence-corrected chi connectivity index (χ2v) is 5.28. The molecule has 0 aromatic carbocycles. The van der Waals surface area contributed by atoms with Crippen molar-refractivity contribution in [2.45, 2.75) is 45.3 Å². The zero-order chi connectivity index (χ0) is 10.7. The highest BCUT2D eigenvalue weighted by atomic mass is 16.5. The van der Waals surface area contributed by atoms with Crippen LogP contribution in [0.1, 0.15) is 33.1 Å². The van der Waals surface area contributed by atoms with Crippen LogP contribution >= 0.6 is 0 Å². The van der Waals surface area contributed by atoms with E-state index in [0.717, 1.165) is 32.8 Å². The van der Waals surface area contributed by atoms with Crippen LogP contribution in [0.3, 0.4) is 0 Å². The van der Waals surface area contributed by atoms with Gasteiger partial charge in [0.2, 0.25) is 0 Å². The molecule has 0 aromatic heterocycles. The van der Waals surface area contributed by atoms with Crippen molar-refractivity contribution in [3.05, 3.63) is 0 Å². The second-order valence-electron chi connectivity index (χ2n) is 5.28. The third kappa shape index (κ3) is 2.92. The summed E-state index contributed by atoms with van der Waals surface area (Å²) in [5.41, 5.74) is 0.431. The fourth-order valence-corrected chi connectivity index (χ4v) is 2.42. The van der Waals surface area contributed by atoms with Gasteiger partial charge in [0.1, 0.15) is 0 Å². The molecule has 0 bridgehead atoms. The monoisotopic (exact) mass is 213 g/mol. The van der Waals surface area contributed by atoms with E-state index < -0.39 is 0 Å². The summed E-state index contributed by atoms with van der Waals surface area (Å²) in [6.07, 6.45) is 3.91. The highest BCUT2D eigenvalue weighted by molar-refractivity contribution is 4.85. The number of rotatable bonds is 3. The first-order valence-electron chi connectivity index (χ1n) is 6.12. The van der Waals surface area contributed by atoms with E-state index in [1.165, 1.54) is 12.8 Å². The maximum atomic E-state index is 5.55. The van der Waals surface area contributed by atoms with Gasteiger partial charge >= 0.3 is 0 Å². The number of hydrogen-bond donors (Lipinski definition) is 1. The van der Waals surface area contributed by atoms with E-state index in [1.54, 1.807) is 0 Å². The van der Waals surface area contributed by atoms with Gasteiger partial charge in [-0.15, -0.1) is 0 Å². The molecule has 2 saturated heterocycles. The third-order valence-corrected chi connectivity index (χ3v) is 3.87. The molecule has 0 radical (unpaired) electrons. The highest BCUT2D eigenvalue weighted by Crippen LogP contribution is 2.29. The summed E-state index contributed by atoms with van der Waals surface area (Å²) < 4.78 is 11.0. The summed E-state index contributed by atoms with van der Waals surface area (Å²) in [7, 11) is 0. The Labute approximate surface area is 92.5 Å². The lowest BCUT2D eigenvalue weighted by Crippen LogP contribution is -2.43. The summed E-state index contributed by atoms with van der Waals surface area (Å²) in [4.78, 5) is 0. The Morgan fingerprint density at radius 1 is 1.27 bits per heavy atom. The van der Waals surface area contributed by atoms with Crippen molar-refractivity contribution in [1.82, 2.24) is 5.32 Å².